The number of rotatable bonds is 7. The van der Waals surface area contributed by atoms with Gasteiger partial charge in [-0.2, -0.15) is 5.10 Å². The molecular formula is C21H23N3OS. The highest BCUT2D eigenvalue weighted by Crippen LogP contribution is 2.16. The maximum atomic E-state index is 12.2. The van der Waals surface area contributed by atoms with Gasteiger partial charge in [-0.05, 0) is 49.7 Å². The minimum absolute atomic E-state index is 0.0312. The Bertz CT molecular complexity index is 857. The summed E-state index contributed by atoms with van der Waals surface area (Å²) < 4.78 is 1.98. The zero-order valence-corrected chi connectivity index (χ0v) is 15.9. The molecule has 5 heteroatoms. The number of hydrogen-bond donors (Lipinski definition) is 1. The van der Waals surface area contributed by atoms with Gasteiger partial charge in [0.05, 0.1) is 12.2 Å². The second-order valence-electron chi connectivity index (χ2n) is 6.20. The Morgan fingerprint density at radius 2 is 1.81 bits per heavy atom. The summed E-state index contributed by atoms with van der Waals surface area (Å²) in [6.07, 6.45) is 0. The molecule has 1 N–H and O–H groups in total. The molecule has 0 spiro atoms. The Hall–Kier alpha value is -2.53. The third-order valence-electron chi connectivity index (χ3n) is 4.05. The topological polar surface area (TPSA) is 46.9 Å². The van der Waals surface area contributed by atoms with Gasteiger partial charge in [-0.3, -0.25) is 9.48 Å². The normalized spacial score (nSPS) is 10.7. The van der Waals surface area contributed by atoms with Gasteiger partial charge in [-0.1, -0.05) is 30.3 Å². The zero-order valence-electron chi connectivity index (χ0n) is 15.1. The molecular weight excluding hydrogens is 342 g/mol. The number of nitrogens with zero attached hydrogens (tertiary/aromatic N) is 2. The van der Waals surface area contributed by atoms with Crippen molar-refractivity contribution in [2.45, 2.75) is 25.3 Å². The lowest BCUT2D eigenvalue weighted by atomic mass is 10.1. The van der Waals surface area contributed by atoms with Crippen LogP contribution in [0.3, 0.4) is 0 Å². The van der Waals surface area contributed by atoms with Gasteiger partial charge in [-0.15, -0.1) is 11.8 Å². The highest BCUT2D eigenvalue weighted by atomic mass is 32.2. The first-order chi connectivity index (χ1) is 12.6. The molecule has 0 fully saturated rings. The Balaban J connectivity index is 1.48. The molecule has 134 valence electrons. The van der Waals surface area contributed by atoms with Gasteiger partial charge in [0.1, 0.15) is 0 Å². The van der Waals surface area contributed by atoms with Crippen molar-refractivity contribution in [3.63, 3.8) is 0 Å². The van der Waals surface area contributed by atoms with E-state index in [-0.39, 0.29) is 5.91 Å². The Morgan fingerprint density at radius 3 is 2.46 bits per heavy atom. The standard InChI is InChI=1S/C21H23N3OS/c1-16-14-17(2)24(23-16)15-18-8-10-19(11-9-18)21(25)22-12-13-26-20-6-4-3-5-7-20/h3-11,14H,12-13,15H2,1-2H3,(H,22,25). The van der Waals surface area contributed by atoms with Gasteiger partial charge in [0.15, 0.2) is 0 Å². The predicted molar refractivity (Wildman–Crippen MR) is 107 cm³/mol. The molecule has 0 saturated heterocycles. The number of amides is 1. The van der Waals surface area contributed by atoms with E-state index in [2.05, 4.69) is 35.5 Å². The van der Waals surface area contributed by atoms with E-state index in [1.54, 1.807) is 11.8 Å². The van der Waals surface area contributed by atoms with E-state index < -0.39 is 0 Å². The van der Waals surface area contributed by atoms with Crippen molar-refractivity contribution < 1.29 is 4.79 Å². The Labute approximate surface area is 158 Å². The molecule has 26 heavy (non-hydrogen) atoms. The van der Waals surface area contributed by atoms with Gasteiger partial charge in [-0.25, -0.2) is 0 Å². The number of benzene rings is 2. The van der Waals surface area contributed by atoms with Gasteiger partial charge in [0.25, 0.3) is 5.91 Å². The molecule has 4 nitrogen and oxygen atoms in total. The van der Waals surface area contributed by atoms with Gasteiger partial charge in [0.2, 0.25) is 0 Å². The second kappa shape index (κ2) is 8.72. The van der Waals surface area contributed by atoms with Gasteiger partial charge < -0.3 is 5.32 Å². The lowest BCUT2D eigenvalue weighted by Gasteiger charge is -2.08. The van der Waals surface area contributed by atoms with Crippen LogP contribution in [-0.4, -0.2) is 28.0 Å². The molecule has 0 aliphatic carbocycles. The van der Waals surface area contributed by atoms with Crippen LogP contribution in [0.25, 0.3) is 0 Å². The number of hydrogen-bond acceptors (Lipinski definition) is 3. The molecule has 0 saturated carbocycles. The Morgan fingerprint density at radius 1 is 1.08 bits per heavy atom. The molecule has 3 aromatic rings. The molecule has 1 heterocycles. The lowest BCUT2D eigenvalue weighted by Crippen LogP contribution is -2.25. The number of aromatic nitrogens is 2. The van der Waals surface area contributed by atoms with Crippen molar-refractivity contribution in [1.82, 2.24) is 15.1 Å². The number of aryl methyl sites for hydroxylation is 2. The molecule has 3 rings (SSSR count). The summed E-state index contributed by atoms with van der Waals surface area (Å²) >= 11 is 1.74. The van der Waals surface area contributed by atoms with E-state index in [1.165, 1.54) is 4.90 Å². The SMILES string of the molecule is Cc1cc(C)n(Cc2ccc(C(=O)NCCSc3ccccc3)cc2)n1. The monoisotopic (exact) mass is 365 g/mol. The molecule has 1 amide bonds. The van der Waals surface area contributed by atoms with Crippen LogP contribution in [0.4, 0.5) is 0 Å². The van der Waals surface area contributed by atoms with Crippen molar-refractivity contribution in [3.05, 3.63) is 83.2 Å². The van der Waals surface area contributed by atoms with Crippen LogP contribution in [0, 0.1) is 13.8 Å². The van der Waals surface area contributed by atoms with E-state index in [9.17, 15) is 4.79 Å². The average molecular weight is 366 g/mol. The van der Waals surface area contributed by atoms with Gasteiger partial charge in [0, 0.05) is 28.5 Å². The summed E-state index contributed by atoms with van der Waals surface area (Å²) in [6, 6.07) is 20.0. The van der Waals surface area contributed by atoms with E-state index in [4.69, 9.17) is 0 Å². The van der Waals surface area contributed by atoms with Gasteiger partial charge >= 0.3 is 0 Å². The van der Waals surface area contributed by atoms with E-state index in [0.29, 0.717) is 12.1 Å². The average Bonchev–Trinajstić information content (AvgIpc) is 2.97. The number of nitrogens with one attached hydrogen (secondary N) is 1. The van der Waals surface area contributed by atoms with Crippen molar-refractivity contribution in [1.29, 1.82) is 0 Å². The van der Waals surface area contributed by atoms with Crippen LogP contribution < -0.4 is 5.32 Å². The van der Waals surface area contributed by atoms with Crippen LogP contribution in [0.2, 0.25) is 0 Å². The Kier molecular flexibility index (Phi) is 6.12. The van der Waals surface area contributed by atoms with Crippen molar-refractivity contribution in [2.24, 2.45) is 0 Å². The molecule has 2 aromatic carbocycles. The largest absolute Gasteiger partial charge is 0.351 e. The highest BCUT2D eigenvalue weighted by molar-refractivity contribution is 7.99. The summed E-state index contributed by atoms with van der Waals surface area (Å²) in [6.45, 7) is 5.41. The lowest BCUT2D eigenvalue weighted by molar-refractivity contribution is 0.0956. The molecule has 0 aliphatic heterocycles. The number of thioether (sulfide) groups is 1. The summed E-state index contributed by atoms with van der Waals surface area (Å²) in [5.74, 6) is 0.822. The van der Waals surface area contributed by atoms with Crippen LogP contribution in [0.1, 0.15) is 27.3 Å². The fourth-order valence-corrected chi connectivity index (χ4v) is 3.51. The fourth-order valence-electron chi connectivity index (χ4n) is 2.72. The second-order valence-corrected chi connectivity index (χ2v) is 7.37. The molecule has 0 bridgehead atoms. The third-order valence-corrected chi connectivity index (χ3v) is 5.07. The zero-order chi connectivity index (χ0) is 18.4. The molecule has 0 unspecified atom stereocenters. The third kappa shape index (κ3) is 4.99. The maximum Gasteiger partial charge on any atom is 0.251 e. The summed E-state index contributed by atoms with van der Waals surface area (Å²) in [5.41, 5.74) is 3.98. The van der Waals surface area contributed by atoms with E-state index >= 15 is 0 Å². The van der Waals surface area contributed by atoms with E-state index in [0.717, 1.165) is 29.2 Å². The first-order valence-electron chi connectivity index (χ1n) is 8.68. The summed E-state index contributed by atoms with van der Waals surface area (Å²) in [7, 11) is 0. The van der Waals surface area contributed by atoms with Crippen LogP contribution in [0.15, 0.2) is 65.6 Å². The molecule has 0 radical (unpaired) electrons. The molecule has 0 aliphatic rings. The number of carbonyl (C=O) groups excluding carboxylic acids is 1. The van der Waals surface area contributed by atoms with Crippen molar-refractivity contribution >= 4 is 17.7 Å². The first kappa shape index (κ1) is 18.3. The quantitative estimate of drug-likeness (QED) is 0.507. The number of carbonyl (C=O) groups is 1. The predicted octanol–water partition coefficient (Wildman–Crippen LogP) is 4.07. The van der Waals surface area contributed by atoms with Crippen molar-refractivity contribution in [2.75, 3.05) is 12.3 Å². The molecule has 1 aromatic heterocycles. The highest BCUT2D eigenvalue weighted by Gasteiger charge is 2.06. The molecule has 0 atom stereocenters. The summed E-state index contributed by atoms with van der Waals surface area (Å²) in [5, 5.41) is 7.45. The smallest absolute Gasteiger partial charge is 0.251 e. The minimum atomic E-state index is -0.0312. The van der Waals surface area contributed by atoms with Crippen LogP contribution >= 0.6 is 11.8 Å². The van der Waals surface area contributed by atoms with Crippen LogP contribution in [0.5, 0.6) is 0 Å². The van der Waals surface area contributed by atoms with Crippen molar-refractivity contribution in [3.8, 4) is 0 Å². The minimum Gasteiger partial charge on any atom is -0.351 e. The first-order valence-corrected chi connectivity index (χ1v) is 9.66. The van der Waals surface area contributed by atoms with E-state index in [1.807, 2.05) is 54.1 Å². The fraction of sp³-hybridized carbons (Fsp3) is 0.238. The maximum absolute atomic E-state index is 12.2. The van der Waals surface area contributed by atoms with Crippen LogP contribution in [-0.2, 0) is 6.54 Å². The summed E-state index contributed by atoms with van der Waals surface area (Å²) in [4.78, 5) is 13.5.